The van der Waals surface area contributed by atoms with E-state index in [-0.39, 0.29) is 0 Å². The lowest BCUT2D eigenvalue weighted by Gasteiger charge is -2.48. The Balaban J connectivity index is 1.16. The highest BCUT2D eigenvalue weighted by Gasteiger charge is 2.39. The molecule has 30 heavy (non-hydrogen) atoms. The van der Waals surface area contributed by atoms with Gasteiger partial charge in [-0.15, -0.1) is 0 Å². The van der Waals surface area contributed by atoms with Crippen LogP contribution in [-0.2, 0) is 6.54 Å². The standard InChI is InChI=1S/C24H28N6/c1-2-5-21-19(4-1)18(14-26-21)15-29-11-3-7-24(16-29)8-12-30(13-9-24)23-20-6-10-25-22(20)27-17-28-23/h1-2,4-6,10,14,17,26H,3,7-9,11-13,15-16H2,(H,25,27,28). The maximum atomic E-state index is 4.61. The molecule has 0 atom stereocenters. The Morgan fingerprint density at radius 2 is 1.83 bits per heavy atom. The van der Waals surface area contributed by atoms with E-state index in [1.54, 1.807) is 6.33 Å². The summed E-state index contributed by atoms with van der Waals surface area (Å²) in [6, 6.07) is 10.7. The second-order valence-corrected chi connectivity index (χ2v) is 9.10. The number of nitrogens with zero attached hydrogens (tertiary/aromatic N) is 4. The summed E-state index contributed by atoms with van der Waals surface area (Å²) < 4.78 is 0. The molecule has 0 saturated carbocycles. The molecule has 2 fully saturated rings. The molecule has 2 aliphatic heterocycles. The fraction of sp³-hybridized carbons (Fsp3) is 0.417. The molecule has 1 aromatic carbocycles. The summed E-state index contributed by atoms with van der Waals surface area (Å²) in [7, 11) is 0. The van der Waals surface area contributed by atoms with Crippen molar-refractivity contribution in [2.75, 3.05) is 31.1 Å². The zero-order valence-electron chi connectivity index (χ0n) is 17.3. The summed E-state index contributed by atoms with van der Waals surface area (Å²) in [5.41, 5.74) is 4.05. The van der Waals surface area contributed by atoms with Crippen molar-refractivity contribution in [3.05, 3.63) is 54.6 Å². The van der Waals surface area contributed by atoms with Gasteiger partial charge < -0.3 is 14.9 Å². The second kappa shape index (κ2) is 7.13. The third-order valence-corrected chi connectivity index (χ3v) is 7.27. The van der Waals surface area contributed by atoms with Crippen molar-refractivity contribution >= 4 is 27.8 Å². The van der Waals surface area contributed by atoms with E-state index in [0.717, 1.165) is 36.5 Å². The number of piperidine rings is 2. The van der Waals surface area contributed by atoms with Gasteiger partial charge in [-0.05, 0) is 55.3 Å². The van der Waals surface area contributed by atoms with Gasteiger partial charge >= 0.3 is 0 Å². The lowest BCUT2D eigenvalue weighted by molar-refractivity contribution is 0.0607. The smallest absolute Gasteiger partial charge is 0.142 e. The van der Waals surface area contributed by atoms with Crippen molar-refractivity contribution in [1.29, 1.82) is 0 Å². The zero-order chi connectivity index (χ0) is 20.0. The maximum Gasteiger partial charge on any atom is 0.142 e. The first-order valence-corrected chi connectivity index (χ1v) is 11.1. The Morgan fingerprint density at radius 3 is 2.77 bits per heavy atom. The SMILES string of the molecule is c1ccc2c(CN3CCCC4(CCN(c5ncnc6[nH]ccc56)CC4)C3)c[nH]c2c1. The van der Waals surface area contributed by atoms with E-state index in [1.807, 2.05) is 6.20 Å². The number of aromatic amines is 2. The van der Waals surface area contributed by atoms with Gasteiger partial charge in [-0.25, -0.2) is 9.97 Å². The summed E-state index contributed by atoms with van der Waals surface area (Å²) in [4.78, 5) is 20.7. The van der Waals surface area contributed by atoms with Crippen molar-refractivity contribution in [3.8, 4) is 0 Å². The minimum absolute atomic E-state index is 0.450. The van der Waals surface area contributed by atoms with E-state index in [0.29, 0.717) is 5.41 Å². The average Bonchev–Trinajstić information content (AvgIpc) is 3.42. The van der Waals surface area contributed by atoms with Crippen LogP contribution >= 0.6 is 0 Å². The lowest BCUT2D eigenvalue weighted by atomic mass is 9.72. The summed E-state index contributed by atoms with van der Waals surface area (Å²) in [6.07, 6.45) is 11.0. The Hall–Kier alpha value is -2.86. The molecule has 0 radical (unpaired) electrons. The molecule has 2 N–H and O–H groups in total. The third-order valence-electron chi connectivity index (χ3n) is 7.27. The molecule has 6 nitrogen and oxygen atoms in total. The van der Waals surface area contributed by atoms with E-state index < -0.39 is 0 Å². The zero-order valence-corrected chi connectivity index (χ0v) is 17.3. The first-order chi connectivity index (χ1) is 14.8. The molecular formula is C24H28N6. The van der Waals surface area contributed by atoms with Gasteiger partial charge in [0.2, 0.25) is 0 Å². The molecule has 3 aromatic heterocycles. The van der Waals surface area contributed by atoms with Crippen LogP contribution in [0.1, 0.15) is 31.2 Å². The number of likely N-dealkylation sites (tertiary alicyclic amines) is 1. The molecule has 1 spiro atoms. The van der Waals surface area contributed by atoms with E-state index >= 15 is 0 Å². The quantitative estimate of drug-likeness (QED) is 0.538. The Kier molecular flexibility index (Phi) is 4.27. The van der Waals surface area contributed by atoms with E-state index in [9.17, 15) is 0 Å². The number of fused-ring (bicyclic) bond motifs is 2. The van der Waals surface area contributed by atoms with Crippen LogP contribution in [0.4, 0.5) is 5.82 Å². The third kappa shape index (κ3) is 3.06. The maximum absolute atomic E-state index is 4.61. The van der Waals surface area contributed by atoms with Gasteiger partial charge in [0.15, 0.2) is 0 Å². The van der Waals surface area contributed by atoms with Crippen molar-refractivity contribution < 1.29 is 0 Å². The highest BCUT2D eigenvalue weighted by molar-refractivity contribution is 5.87. The van der Waals surface area contributed by atoms with Crippen LogP contribution in [-0.4, -0.2) is 51.0 Å². The Labute approximate surface area is 176 Å². The number of nitrogens with one attached hydrogen (secondary N) is 2. The van der Waals surface area contributed by atoms with Gasteiger partial charge in [0.25, 0.3) is 0 Å². The van der Waals surface area contributed by atoms with Crippen molar-refractivity contribution in [2.24, 2.45) is 5.41 Å². The minimum atomic E-state index is 0.450. The Bertz CT molecular complexity index is 1170. The summed E-state index contributed by atoms with van der Waals surface area (Å²) >= 11 is 0. The van der Waals surface area contributed by atoms with Gasteiger partial charge in [0, 0.05) is 49.5 Å². The molecule has 6 heteroatoms. The normalized spacial score (nSPS) is 19.8. The van der Waals surface area contributed by atoms with Gasteiger partial charge in [-0.1, -0.05) is 18.2 Å². The predicted octanol–water partition coefficient (Wildman–Crippen LogP) is 4.32. The number of anilines is 1. The van der Waals surface area contributed by atoms with Gasteiger partial charge in [0.05, 0.1) is 5.39 Å². The number of rotatable bonds is 3. The van der Waals surface area contributed by atoms with Crippen LogP contribution in [0, 0.1) is 5.41 Å². The van der Waals surface area contributed by atoms with Crippen LogP contribution in [0.15, 0.2) is 49.1 Å². The first kappa shape index (κ1) is 18.0. The highest BCUT2D eigenvalue weighted by atomic mass is 15.2. The van der Waals surface area contributed by atoms with Crippen molar-refractivity contribution in [1.82, 2.24) is 24.8 Å². The predicted molar refractivity (Wildman–Crippen MR) is 121 cm³/mol. The largest absolute Gasteiger partial charge is 0.361 e. The average molecular weight is 401 g/mol. The topological polar surface area (TPSA) is 63.8 Å². The first-order valence-electron chi connectivity index (χ1n) is 11.1. The van der Waals surface area contributed by atoms with Gasteiger partial charge in [-0.3, -0.25) is 4.90 Å². The molecule has 5 heterocycles. The number of hydrogen-bond donors (Lipinski definition) is 2. The molecule has 0 bridgehead atoms. The van der Waals surface area contributed by atoms with Crippen LogP contribution in [0.3, 0.4) is 0 Å². The monoisotopic (exact) mass is 400 g/mol. The van der Waals surface area contributed by atoms with Crippen LogP contribution in [0.5, 0.6) is 0 Å². The van der Waals surface area contributed by atoms with E-state index in [1.165, 1.54) is 55.2 Å². The Morgan fingerprint density at radius 1 is 0.933 bits per heavy atom. The molecule has 0 unspecified atom stereocenters. The molecular weight excluding hydrogens is 372 g/mol. The summed E-state index contributed by atoms with van der Waals surface area (Å²) in [6.45, 7) is 5.63. The summed E-state index contributed by atoms with van der Waals surface area (Å²) in [5, 5.41) is 2.50. The second-order valence-electron chi connectivity index (χ2n) is 9.10. The molecule has 6 rings (SSSR count). The molecule has 2 aliphatic rings. The highest BCUT2D eigenvalue weighted by Crippen LogP contribution is 2.41. The fourth-order valence-corrected chi connectivity index (χ4v) is 5.66. The lowest BCUT2D eigenvalue weighted by Crippen LogP contribution is -2.49. The van der Waals surface area contributed by atoms with Gasteiger partial charge in [-0.2, -0.15) is 0 Å². The van der Waals surface area contributed by atoms with E-state index in [4.69, 9.17) is 0 Å². The number of hydrogen-bond acceptors (Lipinski definition) is 4. The number of benzene rings is 1. The molecule has 2 saturated heterocycles. The molecule has 4 aromatic rings. The van der Waals surface area contributed by atoms with E-state index in [2.05, 4.69) is 66.3 Å². The van der Waals surface area contributed by atoms with Crippen LogP contribution < -0.4 is 4.90 Å². The minimum Gasteiger partial charge on any atom is -0.361 e. The van der Waals surface area contributed by atoms with Crippen LogP contribution in [0.2, 0.25) is 0 Å². The summed E-state index contributed by atoms with van der Waals surface area (Å²) in [5.74, 6) is 1.09. The molecule has 0 amide bonds. The van der Waals surface area contributed by atoms with Crippen LogP contribution in [0.25, 0.3) is 21.9 Å². The number of H-pyrrole nitrogens is 2. The molecule has 0 aliphatic carbocycles. The van der Waals surface area contributed by atoms with Crippen molar-refractivity contribution in [3.63, 3.8) is 0 Å². The fourth-order valence-electron chi connectivity index (χ4n) is 5.66. The number of aromatic nitrogens is 4. The number of para-hydroxylation sites is 1. The van der Waals surface area contributed by atoms with Gasteiger partial charge in [0.1, 0.15) is 17.8 Å². The van der Waals surface area contributed by atoms with Crippen molar-refractivity contribution in [2.45, 2.75) is 32.2 Å². The molecule has 154 valence electrons.